The molecular formula is C28H21ClN2O3. The summed E-state index contributed by atoms with van der Waals surface area (Å²) in [4.78, 5) is 24.5. The molecule has 1 amide bonds. The zero-order valence-corrected chi connectivity index (χ0v) is 18.9. The summed E-state index contributed by atoms with van der Waals surface area (Å²) in [6, 6.07) is 31.1. The molecule has 0 fully saturated rings. The number of nitrogens with zero attached hydrogens (tertiary/aromatic N) is 1. The molecule has 34 heavy (non-hydrogen) atoms. The van der Waals surface area contributed by atoms with E-state index in [1.54, 1.807) is 48.5 Å². The zero-order chi connectivity index (χ0) is 23.8. The molecule has 0 atom stereocenters. The smallest absolute Gasteiger partial charge is 0.271 e. The average molecular weight is 469 g/mol. The fourth-order valence-electron chi connectivity index (χ4n) is 3.19. The topological polar surface area (TPSA) is 67.8 Å². The van der Waals surface area contributed by atoms with Gasteiger partial charge in [-0.2, -0.15) is 5.10 Å². The van der Waals surface area contributed by atoms with Crippen molar-refractivity contribution >= 4 is 29.5 Å². The highest BCUT2D eigenvalue weighted by molar-refractivity contribution is 6.30. The number of ketones is 1. The molecule has 0 saturated carbocycles. The number of Topliss-reactive ketones (excluding diaryl/α,β-unsaturated/α-hetero) is 1. The first-order valence-corrected chi connectivity index (χ1v) is 11.0. The number of hydrazone groups is 1. The molecule has 6 heteroatoms. The van der Waals surface area contributed by atoms with Crippen molar-refractivity contribution in [1.82, 2.24) is 5.43 Å². The van der Waals surface area contributed by atoms with Crippen LogP contribution < -0.4 is 10.2 Å². The Kier molecular flexibility index (Phi) is 7.48. The van der Waals surface area contributed by atoms with Crippen LogP contribution in [-0.4, -0.2) is 24.5 Å². The lowest BCUT2D eigenvalue weighted by molar-refractivity contribution is 0.0920. The van der Waals surface area contributed by atoms with Crippen LogP contribution in [0.4, 0.5) is 0 Å². The Labute approximate surface area is 202 Å². The minimum atomic E-state index is -0.330. The van der Waals surface area contributed by atoms with Crippen molar-refractivity contribution in [2.24, 2.45) is 5.10 Å². The molecule has 4 aromatic carbocycles. The predicted molar refractivity (Wildman–Crippen MR) is 135 cm³/mol. The molecule has 1 N–H and O–H groups in total. The van der Waals surface area contributed by atoms with E-state index in [0.29, 0.717) is 21.9 Å². The second kappa shape index (κ2) is 11.1. The Morgan fingerprint density at radius 1 is 0.765 bits per heavy atom. The molecule has 5 nitrogen and oxygen atoms in total. The van der Waals surface area contributed by atoms with Crippen LogP contribution in [-0.2, 0) is 0 Å². The van der Waals surface area contributed by atoms with E-state index in [1.165, 1.54) is 6.21 Å². The second-order valence-electron chi connectivity index (χ2n) is 7.43. The largest absolute Gasteiger partial charge is 0.485 e. The van der Waals surface area contributed by atoms with E-state index in [4.69, 9.17) is 16.3 Å². The first-order chi connectivity index (χ1) is 16.6. The Hall–Kier alpha value is -4.22. The molecule has 0 aliphatic rings. The van der Waals surface area contributed by atoms with E-state index in [0.717, 1.165) is 16.7 Å². The molecule has 0 aliphatic heterocycles. The second-order valence-corrected chi connectivity index (χ2v) is 7.87. The molecule has 0 aliphatic carbocycles. The minimum absolute atomic E-state index is 0.0602. The van der Waals surface area contributed by atoms with Crippen LogP contribution in [0.2, 0.25) is 5.02 Å². The third-order valence-electron chi connectivity index (χ3n) is 5.05. The number of carbonyl (C=O) groups excluding carboxylic acids is 2. The quantitative estimate of drug-likeness (QED) is 0.195. The Morgan fingerprint density at radius 3 is 2.06 bits per heavy atom. The van der Waals surface area contributed by atoms with Crippen molar-refractivity contribution in [2.45, 2.75) is 0 Å². The average Bonchev–Trinajstić information content (AvgIpc) is 2.89. The van der Waals surface area contributed by atoms with E-state index in [1.807, 2.05) is 54.6 Å². The lowest BCUT2D eigenvalue weighted by Gasteiger charge is -2.07. The van der Waals surface area contributed by atoms with Crippen molar-refractivity contribution in [3.05, 3.63) is 125 Å². The Bertz CT molecular complexity index is 1280. The van der Waals surface area contributed by atoms with Crippen molar-refractivity contribution in [3.8, 4) is 16.9 Å². The molecule has 4 rings (SSSR count). The number of carbonyl (C=O) groups is 2. The lowest BCUT2D eigenvalue weighted by atomic mass is 10.0. The number of rotatable bonds is 8. The number of halogens is 1. The summed E-state index contributed by atoms with van der Waals surface area (Å²) in [5, 5.41) is 4.52. The summed E-state index contributed by atoms with van der Waals surface area (Å²) in [6.45, 7) is -0.0602. The number of benzene rings is 4. The van der Waals surface area contributed by atoms with Crippen LogP contribution >= 0.6 is 11.6 Å². The number of hydrogen-bond donors (Lipinski definition) is 1. The summed E-state index contributed by atoms with van der Waals surface area (Å²) in [6.07, 6.45) is 1.52. The van der Waals surface area contributed by atoms with E-state index in [2.05, 4.69) is 10.5 Å². The maximum absolute atomic E-state index is 12.5. The fourth-order valence-corrected chi connectivity index (χ4v) is 3.32. The van der Waals surface area contributed by atoms with Gasteiger partial charge >= 0.3 is 0 Å². The van der Waals surface area contributed by atoms with Crippen molar-refractivity contribution in [2.75, 3.05) is 6.61 Å². The molecule has 0 unspecified atom stereocenters. The monoisotopic (exact) mass is 468 g/mol. The number of nitrogens with one attached hydrogen (secondary N) is 1. The van der Waals surface area contributed by atoms with E-state index >= 15 is 0 Å². The fraction of sp³-hybridized carbons (Fsp3) is 0.0357. The van der Waals surface area contributed by atoms with Gasteiger partial charge in [-0.3, -0.25) is 9.59 Å². The van der Waals surface area contributed by atoms with Crippen LogP contribution in [0.25, 0.3) is 11.1 Å². The van der Waals surface area contributed by atoms with Crippen LogP contribution in [0.1, 0.15) is 26.3 Å². The van der Waals surface area contributed by atoms with Crippen LogP contribution in [0.15, 0.2) is 108 Å². The highest BCUT2D eigenvalue weighted by Crippen LogP contribution is 2.20. The van der Waals surface area contributed by atoms with Crippen molar-refractivity contribution < 1.29 is 14.3 Å². The van der Waals surface area contributed by atoms with Gasteiger partial charge in [0.2, 0.25) is 0 Å². The third-order valence-corrected chi connectivity index (χ3v) is 5.30. The molecule has 0 heterocycles. The van der Waals surface area contributed by atoms with Gasteiger partial charge < -0.3 is 4.74 Å². The first kappa shape index (κ1) is 23.0. The molecule has 168 valence electrons. The highest BCUT2D eigenvalue weighted by Gasteiger charge is 2.08. The van der Waals surface area contributed by atoms with Gasteiger partial charge in [0.15, 0.2) is 12.4 Å². The van der Waals surface area contributed by atoms with Crippen LogP contribution in [0, 0.1) is 0 Å². The van der Waals surface area contributed by atoms with Crippen LogP contribution in [0.3, 0.4) is 0 Å². The highest BCUT2D eigenvalue weighted by atomic mass is 35.5. The summed E-state index contributed by atoms with van der Waals surface area (Å²) in [5.41, 5.74) is 6.45. The normalized spacial score (nSPS) is 10.7. The van der Waals surface area contributed by atoms with Gasteiger partial charge in [0.05, 0.1) is 6.21 Å². The van der Waals surface area contributed by atoms with E-state index in [-0.39, 0.29) is 18.3 Å². The van der Waals surface area contributed by atoms with Crippen molar-refractivity contribution in [3.63, 3.8) is 0 Å². The molecule has 0 saturated heterocycles. The van der Waals surface area contributed by atoms with Gasteiger partial charge in [0.1, 0.15) is 5.75 Å². The summed E-state index contributed by atoms with van der Waals surface area (Å²) in [5.74, 6) is 0.134. The standard InChI is InChI=1S/C28H21ClN2O3/c29-25-14-12-24(13-15-25)28(33)31-30-18-20-6-16-26(17-7-20)34-19-27(32)23-10-8-22(9-11-23)21-4-2-1-3-5-21/h1-18H,19H2,(H,31,33). The van der Waals surface area contributed by atoms with Gasteiger partial charge in [0, 0.05) is 16.1 Å². The SMILES string of the molecule is O=C(COc1ccc(C=NNC(=O)c2ccc(Cl)cc2)cc1)c1ccc(-c2ccccc2)cc1. The van der Waals surface area contributed by atoms with E-state index < -0.39 is 0 Å². The van der Waals surface area contributed by atoms with Gasteiger partial charge in [-0.05, 0) is 65.2 Å². The first-order valence-electron chi connectivity index (χ1n) is 10.6. The summed E-state index contributed by atoms with van der Waals surface area (Å²) >= 11 is 5.82. The summed E-state index contributed by atoms with van der Waals surface area (Å²) in [7, 11) is 0. The molecule has 4 aromatic rings. The van der Waals surface area contributed by atoms with Crippen molar-refractivity contribution in [1.29, 1.82) is 0 Å². The Morgan fingerprint density at radius 2 is 1.38 bits per heavy atom. The molecule has 0 spiro atoms. The number of hydrogen-bond acceptors (Lipinski definition) is 4. The lowest BCUT2D eigenvalue weighted by Crippen LogP contribution is -2.17. The maximum atomic E-state index is 12.5. The predicted octanol–water partition coefficient (Wildman–Crippen LogP) is 6.03. The third kappa shape index (κ3) is 6.18. The van der Waals surface area contributed by atoms with E-state index in [9.17, 15) is 9.59 Å². The van der Waals surface area contributed by atoms with Gasteiger partial charge in [0.25, 0.3) is 5.91 Å². The molecule has 0 radical (unpaired) electrons. The maximum Gasteiger partial charge on any atom is 0.271 e. The molecule has 0 aromatic heterocycles. The molecule has 0 bridgehead atoms. The Balaban J connectivity index is 1.27. The molecular weight excluding hydrogens is 448 g/mol. The zero-order valence-electron chi connectivity index (χ0n) is 18.1. The number of ether oxygens (including phenoxy) is 1. The van der Waals surface area contributed by atoms with Gasteiger partial charge in [-0.15, -0.1) is 0 Å². The number of amides is 1. The van der Waals surface area contributed by atoms with Gasteiger partial charge in [-0.1, -0.05) is 66.2 Å². The minimum Gasteiger partial charge on any atom is -0.485 e. The van der Waals surface area contributed by atoms with Crippen LogP contribution in [0.5, 0.6) is 5.75 Å². The van der Waals surface area contributed by atoms with Gasteiger partial charge in [-0.25, -0.2) is 5.43 Å². The summed E-state index contributed by atoms with van der Waals surface area (Å²) < 4.78 is 5.63.